The van der Waals surface area contributed by atoms with Crippen LogP contribution in [0.5, 0.6) is 0 Å². The van der Waals surface area contributed by atoms with Crippen LogP contribution in [0.2, 0.25) is 0 Å². The van der Waals surface area contributed by atoms with Crippen molar-refractivity contribution in [3.8, 4) is 0 Å². The molecular weight excluding hydrogens is 312 g/mol. The Morgan fingerprint density at radius 2 is 2.22 bits per heavy atom. The van der Waals surface area contributed by atoms with E-state index in [0.29, 0.717) is 12.2 Å². The normalized spacial score (nSPS) is 10.8. The molecule has 2 aromatic rings. The number of fused-ring (bicyclic) bond motifs is 1. The Labute approximate surface area is 119 Å². The maximum Gasteiger partial charge on any atom is 0.340 e. The Morgan fingerprint density at radius 3 is 2.94 bits per heavy atom. The fourth-order valence-corrected chi connectivity index (χ4v) is 3.55. The van der Waals surface area contributed by atoms with E-state index in [1.807, 2.05) is 19.1 Å². The summed E-state index contributed by atoms with van der Waals surface area (Å²) in [6.45, 7) is 4.59. The van der Waals surface area contributed by atoms with Crippen LogP contribution < -0.4 is 0 Å². The second kappa shape index (κ2) is 5.85. The third-order valence-corrected chi connectivity index (χ3v) is 4.58. The van der Waals surface area contributed by atoms with Crippen LogP contribution in [0.1, 0.15) is 35.7 Å². The molecule has 18 heavy (non-hydrogen) atoms. The van der Waals surface area contributed by atoms with E-state index in [1.54, 1.807) is 11.3 Å². The van der Waals surface area contributed by atoms with Crippen LogP contribution in [0.4, 0.5) is 0 Å². The Balaban J connectivity index is 2.34. The molecule has 0 spiro atoms. The minimum absolute atomic E-state index is 0.229. The van der Waals surface area contributed by atoms with Gasteiger partial charge in [0, 0.05) is 10.1 Å². The van der Waals surface area contributed by atoms with Gasteiger partial charge < -0.3 is 4.74 Å². The fraction of sp³-hybridized carbons (Fsp3) is 0.357. The van der Waals surface area contributed by atoms with E-state index < -0.39 is 0 Å². The molecule has 0 saturated heterocycles. The SMILES string of the molecule is CCCCOC(=O)c1c(Br)sc2ccc(C)cc12. The number of esters is 1. The summed E-state index contributed by atoms with van der Waals surface area (Å²) in [4.78, 5) is 12.1. The predicted octanol–water partition coefficient (Wildman–Crippen LogP) is 4.93. The Morgan fingerprint density at radius 1 is 1.44 bits per heavy atom. The van der Waals surface area contributed by atoms with Crippen molar-refractivity contribution in [1.29, 1.82) is 0 Å². The second-order valence-corrected chi connectivity index (χ2v) is 6.61. The topological polar surface area (TPSA) is 26.3 Å². The van der Waals surface area contributed by atoms with E-state index in [9.17, 15) is 4.79 Å². The monoisotopic (exact) mass is 326 g/mol. The summed E-state index contributed by atoms with van der Waals surface area (Å²) in [6.07, 6.45) is 1.93. The quantitative estimate of drug-likeness (QED) is 0.588. The molecule has 0 N–H and O–H groups in total. The molecule has 0 bridgehead atoms. The zero-order valence-corrected chi connectivity index (χ0v) is 12.9. The summed E-state index contributed by atoms with van der Waals surface area (Å²) in [5.41, 5.74) is 1.81. The van der Waals surface area contributed by atoms with E-state index in [-0.39, 0.29) is 5.97 Å². The second-order valence-electron chi connectivity index (χ2n) is 4.24. The molecule has 2 nitrogen and oxygen atoms in total. The molecule has 4 heteroatoms. The first-order valence-electron chi connectivity index (χ1n) is 5.99. The van der Waals surface area contributed by atoms with E-state index in [4.69, 9.17) is 4.74 Å². The van der Waals surface area contributed by atoms with Crippen molar-refractivity contribution in [1.82, 2.24) is 0 Å². The van der Waals surface area contributed by atoms with Crippen LogP contribution in [0.15, 0.2) is 22.0 Å². The molecule has 0 fully saturated rings. The molecule has 0 unspecified atom stereocenters. The lowest BCUT2D eigenvalue weighted by molar-refractivity contribution is 0.0501. The van der Waals surface area contributed by atoms with Gasteiger partial charge in [0.05, 0.1) is 16.0 Å². The highest BCUT2D eigenvalue weighted by molar-refractivity contribution is 9.11. The summed E-state index contributed by atoms with van der Waals surface area (Å²) >= 11 is 5.03. The maximum atomic E-state index is 12.1. The molecule has 0 aliphatic rings. The van der Waals surface area contributed by atoms with Crippen molar-refractivity contribution in [3.63, 3.8) is 0 Å². The van der Waals surface area contributed by atoms with E-state index in [1.165, 1.54) is 0 Å². The molecular formula is C14H15BrO2S. The molecule has 0 aliphatic carbocycles. The van der Waals surface area contributed by atoms with Gasteiger partial charge in [-0.2, -0.15) is 0 Å². The lowest BCUT2D eigenvalue weighted by Crippen LogP contribution is -2.06. The summed E-state index contributed by atoms with van der Waals surface area (Å²) in [5, 5.41) is 0.980. The van der Waals surface area contributed by atoms with E-state index >= 15 is 0 Å². The standard InChI is InChI=1S/C14H15BrO2S/c1-3-4-7-17-14(16)12-10-8-9(2)5-6-11(10)18-13(12)15/h5-6,8H,3-4,7H2,1-2H3. The molecule has 2 rings (SSSR count). The van der Waals surface area contributed by atoms with Gasteiger partial charge in [0.25, 0.3) is 0 Å². The molecule has 1 aromatic carbocycles. The lowest BCUT2D eigenvalue weighted by atomic mass is 10.1. The number of carbonyl (C=O) groups excluding carboxylic acids is 1. The van der Waals surface area contributed by atoms with Crippen molar-refractivity contribution in [3.05, 3.63) is 33.1 Å². The Hall–Kier alpha value is -0.870. The van der Waals surface area contributed by atoms with E-state index in [0.717, 1.165) is 32.3 Å². The lowest BCUT2D eigenvalue weighted by Gasteiger charge is -2.03. The number of carbonyl (C=O) groups is 1. The maximum absolute atomic E-state index is 12.1. The number of halogens is 1. The molecule has 0 amide bonds. The fourth-order valence-electron chi connectivity index (χ4n) is 1.75. The smallest absolute Gasteiger partial charge is 0.340 e. The molecule has 96 valence electrons. The van der Waals surface area contributed by atoms with Gasteiger partial charge in [0.1, 0.15) is 0 Å². The zero-order chi connectivity index (χ0) is 13.1. The van der Waals surface area contributed by atoms with Gasteiger partial charge in [0.15, 0.2) is 0 Å². The van der Waals surface area contributed by atoms with Gasteiger partial charge in [-0.25, -0.2) is 4.79 Å². The van der Waals surface area contributed by atoms with Gasteiger partial charge in [-0.15, -0.1) is 11.3 Å². The van der Waals surface area contributed by atoms with Gasteiger partial charge in [0.2, 0.25) is 0 Å². The predicted molar refractivity (Wildman–Crippen MR) is 79.5 cm³/mol. The van der Waals surface area contributed by atoms with Gasteiger partial charge >= 0.3 is 5.97 Å². The number of benzene rings is 1. The van der Waals surface area contributed by atoms with E-state index in [2.05, 4.69) is 28.9 Å². The van der Waals surface area contributed by atoms with Crippen molar-refractivity contribution in [2.75, 3.05) is 6.61 Å². The average molecular weight is 327 g/mol. The molecule has 0 radical (unpaired) electrons. The summed E-state index contributed by atoms with van der Waals surface area (Å²) in [6, 6.07) is 6.13. The highest BCUT2D eigenvalue weighted by Gasteiger charge is 2.18. The highest BCUT2D eigenvalue weighted by atomic mass is 79.9. The molecule has 1 aromatic heterocycles. The largest absolute Gasteiger partial charge is 0.462 e. The number of thiophene rings is 1. The van der Waals surface area contributed by atoms with Crippen molar-refractivity contribution in [2.45, 2.75) is 26.7 Å². The Bertz CT molecular complexity index is 574. The number of hydrogen-bond acceptors (Lipinski definition) is 3. The zero-order valence-electron chi connectivity index (χ0n) is 10.5. The van der Waals surface area contributed by atoms with Crippen molar-refractivity contribution < 1.29 is 9.53 Å². The number of hydrogen-bond donors (Lipinski definition) is 0. The molecule has 0 atom stereocenters. The van der Waals surface area contributed by atoms with Crippen LogP contribution >= 0.6 is 27.3 Å². The van der Waals surface area contributed by atoms with Crippen LogP contribution in [0, 0.1) is 6.92 Å². The van der Waals surface area contributed by atoms with Gasteiger partial charge in [-0.1, -0.05) is 25.0 Å². The summed E-state index contributed by atoms with van der Waals surface area (Å²) in [7, 11) is 0. The third kappa shape index (κ3) is 2.75. The van der Waals surface area contributed by atoms with Gasteiger partial charge in [-0.05, 0) is 41.4 Å². The number of unbranched alkanes of at least 4 members (excludes halogenated alkanes) is 1. The van der Waals surface area contributed by atoms with Crippen LogP contribution in [0.3, 0.4) is 0 Å². The Kier molecular flexibility index (Phi) is 4.40. The molecule has 1 heterocycles. The molecule has 0 saturated carbocycles. The minimum Gasteiger partial charge on any atom is -0.462 e. The summed E-state index contributed by atoms with van der Waals surface area (Å²) in [5.74, 6) is -0.229. The molecule has 0 aliphatic heterocycles. The third-order valence-electron chi connectivity index (χ3n) is 2.74. The first-order valence-corrected chi connectivity index (χ1v) is 7.60. The number of aryl methyl sites for hydroxylation is 1. The number of rotatable bonds is 4. The minimum atomic E-state index is -0.229. The van der Waals surface area contributed by atoms with Gasteiger partial charge in [-0.3, -0.25) is 0 Å². The first-order chi connectivity index (χ1) is 8.63. The van der Waals surface area contributed by atoms with Crippen LogP contribution in [-0.4, -0.2) is 12.6 Å². The average Bonchev–Trinajstić information content (AvgIpc) is 2.64. The highest BCUT2D eigenvalue weighted by Crippen LogP contribution is 2.36. The van der Waals surface area contributed by atoms with Crippen LogP contribution in [0.25, 0.3) is 10.1 Å². The van der Waals surface area contributed by atoms with Crippen molar-refractivity contribution in [2.24, 2.45) is 0 Å². The van der Waals surface area contributed by atoms with Crippen molar-refractivity contribution >= 4 is 43.3 Å². The number of ether oxygens (including phenoxy) is 1. The van der Waals surface area contributed by atoms with Crippen LogP contribution in [-0.2, 0) is 4.74 Å². The first kappa shape index (κ1) is 13.6. The summed E-state index contributed by atoms with van der Waals surface area (Å²) < 4.78 is 7.25.